The predicted octanol–water partition coefficient (Wildman–Crippen LogP) is 3.69. The Hall–Kier alpha value is -3.20. The Morgan fingerprint density at radius 3 is 2.25 bits per heavy atom. The number of rotatable bonds is 5. The number of carbonyl (C=O) groups is 1. The summed E-state index contributed by atoms with van der Waals surface area (Å²) in [5, 5.41) is 19.6. The lowest BCUT2D eigenvalue weighted by molar-refractivity contribution is -0.384. The molecule has 0 radical (unpaired) electrons. The van der Waals surface area contributed by atoms with E-state index < -0.39 is 4.92 Å². The molecular formula is C18H17N3O3. The number of hydrogen-bond acceptors (Lipinski definition) is 4. The molecule has 0 aliphatic carbocycles. The molecule has 0 fully saturated rings. The van der Waals surface area contributed by atoms with Crippen molar-refractivity contribution in [3.8, 4) is 6.07 Å². The molecule has 1 amide bonds. The van der Waals surface area contributed by atoms with Gasteiger partial charge in [-0.2, -0.15) is 5.26 Å². The van der Waals surface area contributed by atoms with Crippen LogP contribution >= 0.6 is 0 Å². The van der Waals surface area contributed by atoms with E-state index in [1.165, 1.54) is 24.3 Å². The van der Waals surface area contributed by atoms with E-state index in [4.69, 9.17) is 5.26 Å². The Bertz CT molecular complexity index is 777. The van der Waals surface area contributed by atoms with Crippen LogP contribution < -0.4 is 0 Å². The summed E-state index contributed by atoms with van der Waals surface area (Å²) < 4.78 is 0. The van der Waals surface area contributed by atoms with E-state index in [9.17, 15) is 14.9 Å². The minimum Gasteiger partial charge on any atom is -0.332 e. The zero-order valence-electron chi connectivity index (χ0n) is 13.5. The van der Waals surface area contributed by atoms with Gasteiger partial charge in [-0.1, -0.05) is 12.1 Å². The summed E-state index contributed by atoms with van der Waals surface area (Å²) in [4.78, 5) is 24.6. The quantitative estimate of drug-likeness (QED) is 0.620. The maximum atomic E-state index is 12.7. The smallest absolute Gasteiger partial charge is 0.269 e. The molecule has 0 saturated carbocycles. The van der Waals surface area contributed by atoms with Crippen molar-refractivity contribution in [1.82, 2.24) is 4.90 Å². The highest BCUT2D eigenvalue weighted by Gasteiger charge is 2.21. The molecule has 0 unspecified atom stereocenters. The summed E-state index contributed by atoms with van der Waals surface area (Å²) in [6, 6.07) is 14.6. The number of nitrogens with zero attached hydrogens (tertiary/aromatic N) is 3. The van der Waals surface area contributed by atoms with Crippen molar-refractivity contribution in [2.45, 2.75) is 19.9 Å². The van der Waals surface area contributed by atoms with Crippen molar-refractivity contribution in [2.75, 3.05) is 6.54 Å². The average molecular weight is 323 g/mol. The van der Waals surface area contributed by atoms with E-state index in [0.717, 1.165) is 5.56 Å². The normalized spacial score (nSPS) is 11.4. The number of hydrogen-bond donors (Lipinski definition) is 0. The predicted molar refractivity (Wildman–Crippen MR) is 89.4 cm³/mol. The summed E-state index contributed by atoms with van der Waals surface area (Å²) >= 11 is 0. The van der Waals surface area contributed by atoms with Crippen LogP contribution in [0.2, 0.25) is 0 Å². The largest absolute Gasteiger partial charge is 0.332 e. The van der Waals surface area contributed by atoms with Gasteiger partial charge >= 0.3 is 0 Å². The third-order valence-corrected chi connectivity index (χ3v) is 3.92. The molecule has 0 N–H and O–H groups in total. The van der Waals surface area contributed by atoms with E-state index >= 15 is 0 Å². The molecule has 1 atom stereocenters. The fourth-order valence-corrected chi connectivity index (χ4v) is 2.50. The lowest BCUT2D eigenvalue weighted by atomic mass is 10.0. The Balaban J connectivity index is 2.23. The standard InChI is InChI=1S/C18H17N3O3/c1-3-20(13(2)15-6-4-14(12-19)5-7-15)18(22)16-8-10-17(11-9-16)21(23)24/h4-11,13H,3H2,1-2H3/t13-/m0/s1. The fourth-order valence-electron chi connectivity index (χ4n) is 2.50. The third-order valence-electron chi connectivity index (χ3n) is 3.92. The van der Waals surface area contributed by atoms with Crippen molar-refractivity contribution in [2.24, 2.45) is 0 Å². The molecule has 0 aliphatic heterocycles. The van der Waals surface area contributed by atoms with Crippen molar-refractivity contribution in [1.29, 1.82) is 5.26 Å². The molecule has 0 bridgehead atoms. The SMILES string of the molecule is CCN(C(=O)c1ccc([N+](=O)[O-])cc1)[C@@H](C)c1ccc(C#N)cc1. The zero-order valence-corrected chi connectivity index (χ0v) is 13.5. The lowest BCUT2D eigenvalue weighted by Gasteiger charge is -2.28. The Kier molecular flexibility index (Phi) is 5.27. The molecule has 2 rings (SSSR count). The van der Waals surface area contributed by atoms with E-state index in [0.29, 0.717) is 17.7 Å². The van der Waals surface area contributed by atoms with Crippen molar-refractivity contribution in [3.05, 3.63) is 75.3 Å². The molecule has 0 aliphatic rings. The fraction of sp³-hybridized carbons (Fsp3) is 0.222. The number of non-ortho nitro benzene ring substituents is 1. The Morgan fingerprint density at radius 2 is 1.79 bits per heavy atom. The number of carbonyl (C=O) groups excluding carboxylic acids is 1. The van der Waals surface area contributed by atoms with Gasteiger partial charge in [0.05, 0.1) is 22.6 Å². The molecule has 0 aromatic heterocycles. The third kappa shape index (κ3) is 3.58. The van der Waals surface area contributed by atoms with Crippen LogP contribution in [-0.2, 0) is 0 Å². The summed E-state index contributed by atoms with van der Waals surface area (Å²) in [6.45, 7) is 4.29. The molecule has 2 aromatic carbocycles. The van der Waals surface area contributed by atoms with Crippen LogP contribution in [0.25, 0.3) is 0 Å². The van der Waals surface area contributed by atoms with Crippen LogP contribution in [0.1, 0.15) is 41.4 Å². The molecule has 6 nitrogen and oxygen atoms in total. The number of nitro groups is 1. The minimum atomic E-state index is -0.495. The number of amides is 1. The van der Waals surface area contributed by atoms with Crippen LogP contribution in [0.4, 0.5) is 5.69 Å². The highest BCUT2D eigenvalue weighted by molar-refractivity contribution is 5.94. The summed E-state index contributed by atoms with van der Waals surface area (Å²) in [7, 11) is 0. The first kappa shape index (κ1) is 17.2. The monoisotopic (exact) mass is 323 g/mol. The van der Waals surface area contributed by atoms with Crippen LogP contribution in [0.5, 0.6) is 0 Å². The van der Waals surface area contributed by atoms with Crippen LogP contribution in [-0.4, -0.2) is 22.3 Å². The van der Waals surface area contributed by atoms with E-state index in [-0.39, 0.29) is 17.6 Å². The van der Waals surface area contributed by atoms with E-state index in [1.807, 2.05) is 26.0 Å². The van der Waals surface area contributed by atoms with Crippen LogP contribution in [0, 0.1) is 21.4 Å². The van der Waals surface area contributed by atoms with Crippen molar-refractivity contribution < 1.29 is 9.72 Å². The lowest BCUT2D eigenvalue weighted by Crippen LogP contribution is -2.33. The van der Waals surface area contributed by atoms with Crippen molar-refractivity contribution in [3.63, 3.8) is 0 Å². The topological polar surface area (TPSA) is 87.2 Å². The molecule has 122 valence electrons. The van der Waals surface area contributed by atoms with E-state index in [2.05, 4.69) is 6.07 Å². The first-order valence-electron chi connectivity index (χ1n) is 7.53. The van der Waals surface area contributed by atoms with Gasteiger partial charge in [0.15, 0.2) is 0 Å². The molecule has 24 heavy (non-hydrogen) atoms. The molecule has 0 saturated heterocycles. The van der Waals surface area contributed by atoms with Gasteiger partial charge in [-0.05, 0) is 43.7 Å². The number of benzene rings is 2. The van der Waals surface area contributed by atoms with Gasteiger partial charge in [0.1, 0.15) is 0 Å². The van der Waals surface area contributed by atoms with Crippen molar-refractivity contribution >= 4 is 11.6 Å². The van der Waals surface area contributed by atoms with Gasteiger partial charge < -0.3 is 4.90 Å². The maximum absolute atomic E-state index is 12.7. The van der Waals surface area contributed by atoms with Crippen LogP contribution in [0.15, 0.2) is 48.5 Å². The van der Waals surface area contributed by atoms with Gasteiger partial charge in [-0.3, -0.25) is 14.9 Å². The summed E-state index contributed by atoms with van der Waals surface area (Å²) in [5.41, 5.74) is 1.85. The van der Waals surface area contributed by atoms with Gasteiger partial charge in [-0.15, -0.1) is 0 Å². The number of nitro benzene ring substituents is 1. The maximum Gasteiger partial charge on any atom is 0.269 e. The van der Waals surface area contributed by atoms with Gasteiger partial charge in [-0.25, -0.2) is 0 Å². The van der Waals surface area contributed by atoms with Gasteiger partial charge in [0.25, 0.3) is 11.6 Å². The summed E-state index contributed by atoms with van der Waals surface area (Å²) in [6.07, 6.45) is 0. The minimum absolute atomic E-state index is 0.0465. The first-order chi connectivity index (χ1) is 11.5. The second kappa shape index (κ2) is 7.38. The molecule has 2 aromatic rings. The highest BCUT2D eigenvalue weighted by atomic mass is 16.6. The first-order valence-corrected chi connectivity index (χ1v) is 7.53. The Labute approximate surface area is 140 Å². The molecular weight excluding hydrogens is 306 g/mol. The summed E-state index contributed by atoms with van der Waals surface area (Å²) in [5.74, 6) is -0.191. The molecule has 0 heterocycles. The number of nitriles is 1. The van der Waals surface area contributed by atoms with E-state index in [1.54, 1.807) is 17.0 Å². The zero-order chi connectivity index (χ0) is 17.7. The van der Waals surface area contributed by atoms with Gasteiger partial charge in [0, 0.05) is 24.2 Å². The molecule has 6 heteroatoms. The highest BCUT2D eigenvalue weighted by Crippen LogP contribution is 2.23. The van der Waals surface area contributed by atoms with Crippen LogP contribution in [0.3, 0.4) is 0 Å². The second-order valence-electron chi connectivity index (χ2n) is 5.30. The molecule has 0 spiro atoms. The Morgan fingerprint density at radius 1 is 1.21 bits per heavy atom. The average Bonchev–Trinajstić information content (AvgIpc) is 2.62. The second-order valence-corrected chi connectivity index (χ2v) is 5.30. The van der Waals surface area contributed by atoms with Gasteiger partial charge in [0.2, 0.25) is 0 Å².